The first kappa shape index (κ1) is 10.4. The van der Waals surface area contributed by atoms with Gasteiger partial charge in [-0.3, -0.25) is 5.10 Å². The number of aryl methyl sites for hydroxylation is 1. The molecule has 2 rings (SSSR count). The number of carbonyl (C=O) groups is 1. The molecule has 0 fully saturated rings. The summed E-state index contributed by atoms with van der Waals surface area (Å²) in [5.74, 6) is -1.57. The lowest BCUT2D eigenvalue weighted by molar-refractivity contribution is 0.0698. The van der Waals surface area contributed by atoms with E-state index in [0.717, 1.165) is 0 Å². The molecule has 0 aliphatic carbocycles. The topological polar surface area (TPSA) is 66.0 Å². The number of nitrogens with one attached hydrogen (secondary N) is 1. The maximum absolute atomic E-state index is 13.8. The first-order valence-electron chi connectivity index (χ1n) is 4.63. The summed E-state index contributed by atoms with van der Waals surface area (Å²) >= 11 is 0. The molecule has 0 radical (unpaired) electrons. The van der Waals surface area contributed by atoms with Crippen molar-refractivity contribution in [2.45, 2.75) is 6.92 Å². The Bertz CT molecular complexity index is 549. The van der Waals surface area contributed by atoms with Crippen molar-refractivity contribution in [3.8, 4) is 11.3 Å². The number of carboxylic acid groups (broad SMARTS) is 1. The monoisotopic (exact) mass is 220 g/mol. The van der Waals surface area contributed by atoms with E-state index in [1.807, 2.05) is 0 Å². The van der Waals surface area contributed by atoms with Crippen LogP contribution in [0.25, 0.3) is 11.3 Å². The Morgan fingerprint density at radius 3 is 2.94 bits per heavy atom. The Balaban J connectivity index is 2.63. The summed E-state index contributed by atoms with van der Waals surface area (Å²) in [7, 11) is 0. The molecule has 0 amide bonds. The van der Waals surface area contributed by atoms with Gasteiger partial charge in [-0.1, -0.05) is 12.1 Å². The zero-order valence-corrected chi connectivity index (χ0v) is 8.49. The van der Waals surface area contributed by atoms with Crippen LogP contribution in [0.2, 0.25) is 0 Å². The lowest BCUT2D eigenvalue weighted by atomic mass is 10.0. The van der Waals surface area contributed by atoms with E-state index < -0.39 is 11.8 Å². The average molecular weight is 220 g/mol. The number of aromatic carboxylic acids is 1. The molecule has 2 N–H and O–H groups in total. The number of rotatable bonds is 2. The first-order valence-corrected chi connectivity index (χ1v) is 4.63. The van der Waals surface area contributed by atoms with Gasteiger partial charge in [0.1, 0.15) is 11.4 Å². The normalized spacial score (nSPS) is 10.4. The minimum absolute atomic E-state index is 0.0375. The highest BCUT2D eigenvalue weighted by molar-refractivity contribution is 5.94. The van der Waals surface area contributed by atoms with Crippen LogP contribution in [0.4, 0.5) is 4.39 Å². The van der Waals surface area contributed by atoms with Gasteiger partial charge in [0, 0.05) is 5.56 Å². The molecule has 0 saturated carbocycles. The summed E-state index contributed by atoms with van der Waals surface area (Å²) in [5.41, 5.74) is 0.830. The van der Waals surface area contributed by atoms with E-state index >= 15 is 0 Å². The minimum Gasteiger partial charge on any atom is -0.478 e. The van der Waals surface area contributed by atoms with Gasteiger partial charge in [-0.2, -0.15) is 5.10 Å². The molecule has 0 saturated heterocycles. The maximum Gasteiger partial charge on any atom is 0.339 e. The number of nitrogens with zero attached hydrogens (tertiary/aromatic N) is 1. The largest absolute Gasteiger partial charge is 0.478 e. The third-order valence-electron chi connectivity index (χ3n) is 2.33. The molecule has 1 aromatic carbocycles. The number of aromatic nitrogens is 2. The minimum atomic E-state index is -1.13. The summed E-state index contributed by atoms with van der Waals surface area (Å²) in [4.78, 5) is 10.9. The van der Waals surface area contributed by atoms with Crippen LogP contribution in [0.3, 0.4) is 0 Å². The van der Waals surface area contributed by atoms with Gasteiger partial charge >= 0.3 is 5.97 Å². The predicted molar refractivity (Wildman–Crippen MR) is 55.7 cm³/mol. The molecule has 82 valence electrons. The fourth-order valence-corrected chi connectivity index (χ4v) is 1.49. The third-order valence-corrected chi connectivity index (χ3v) is 2.33. The number of halogens is 1. The molecular formula is C11H9FN2O2. The van der Waals surface area contributed by atoms with Gasteiger partial charge in [-0.15, -0.1) is 0 Å². The van der Waals surface area contributed by atoms with Crippen LogP contribution >= 0.6 is 0 Å². The maximum atomic E-state index is 13.8. The number of hydrogen-bond donors (Lipinski definition) is 2. The average Bonchev–Trinajstić information content (AvgIpc) is 2.70. The Morgan fingerprint density at radius 1 is 1.50 bits per heavy atom. The lowest BCUT2D eigenvalue weighted by Crippen LogP contribution is -1.98. The number of carboxylic acids is 1. The second-order valence-electron chi connectivity index (χ2n) is 3.40. The molecule has 0 atom stereocenters. The molecule has 1 aromatic heterocycles. The van der Waals surface area contributed by atoms with E-state index in [-0.39, 0.29) is 16.8 Å². The van der Waals surface area contributed by atoms with Crippen molar-refractivity contribution in [1.29, 1.82) is 0 Å². The van der Waals surface area contributed by atoms with E-state index in [1.165, 1.54) is 12.3 Å². The van der Waals surface area contributed by atoms with E-state index in [2.05, 4.69) is 10.2 Å². The summed E-state index contributed by atoms with van der Waals surface area (Å²) in [6.45, 7) is 1.62. The van der Waals surface area contributed by atoms with Crippen molar-refractivity contribution in [3.63, 3.8) is 0 Å². The molecule has 0 spiro atoms. The zero-order valence-electron chi connectivity index (χ0n) is 8.49. The fraction of sp³-hybridized carbons (Fsp3) is 0.0909. The van der Waals surface area contributed by atoms with Crippen molar-refractivity contribution in [2.24, 2.45) is 0 Å². The van der Waals surface area contributed by atoms with Gasteiger partial charge in [0.05, 0.1) is 11.9 Å². The second kappa shape index (κ2) is 3.77. The van der Waals surface area contributed by atoms with Gasteiger partial charge < -0.3 is 5.11 Å². The number of H-pyrrole nitrogens is 1. The van der Waals surface area contributed by atoms with Crippen LogP contribution in [0, 0.1) is 12.7 Å². The van der Waals surface area contributed by atoms with Gasteiger partial charge in [-0.05, 0) is 18.6 Å². The molecule has 0 aliphatic heterocycles. The standard InChI is InChI=1S/C11H9FN2O2/c1-6-3-2-4-7(9(6)12)10-8(11(15)16)5-13-14-10/h2-5H,1H3,(H,13,14)(H,15,16). The fourth-order valence-electron chi connectivity index (χ4n) is 1.49. The molecule has 16 heavy (non-hydrogen) atoms. The van der Waals surface area contributed by atoms with Crippen molar-refractivity contribution in [3.05, 3.63) is 41.3 Å². The van der Waals surface area contributed by atoms with E-state index in [1.54, 1.807) is 19.1 Å². The highest BCUT2D eigenvalue weighted by atomic mass is 19.1. The van der Waals surface area contributed by atoms with E-state index in [0.29, 0.717) is 5.56 Å². The van der Waals surface area contributed by atoms with Gasteiger partial charge in [0.2, 0.25) is 0 Å². The molecule has 0 unspecified atom stereocenters. The van der Waals surface area contributed by atoms with Gasteiger partial charge in [0.15, 0.2) is 0 Å². The summed E-state index contributed by atoms with van der Waals surface area (Å²) in [6.07, 6.45) is 1.17. The van der Waals surface area contributed by atoms with Crippen molar-refractivity contribution in [1.82, 2.24) is 10.2 Å². The number of aromatic amines is 1. The summed E-state index contributed by atoms with van der Waals surface area (Å²) in [5, 5.41) is 15.0. The third kappa shape index (κ3) is 1.56. The molecule has 4 nitrogen and oxygen atoms in total. The molecule has 0 bridgehead atoms. The zero-order chi connectivity index (χ0) is 11.7. The van der Waals surface area contributed by atoms with E-state index in [4.69, 9.17) is 5.11 Å². The van der Waals surface area contributed by atoms with Crippen LogP contribution in [-0.4, -0.2) is 21.3 Å². The summed E-state index contributed by atoms with van der Waals surface area (Å²) < 4.78 is 13.8. The quantitative estimate of drug-likeness (QED) is 0.815. The summed E-state index contributed by atoms with van der Waals surface area (Å²) in [6, 6.07) is 4.80. The number of hydrogen-bond acceptors (Lipinski definition) is 2. The predicted octanol–water partition coefficient (Wildman–Crippen LogP) is 2.22. The molecular weight excluding hydrogens is 211 g/mol. The lowest BCUT2D eigenvalue weighted by Gasteiger charge is -2.04. The highest BCUT2D eigenvalue weighted by Crippen LogP contribution is 2.25. The molecule has 2 aromatic rings. The number of benzene rings is 1. The Labute approximate surface area is 90.7 Å². The van der Waals surface area contributed by atoms with Crippen LogP contribution in [0.5, 0.6) is 0 Å². The van der Waals surface area contributed by atoms with Crippen LogP contribution in [-0.2, 0) is 0 Å². The molecule has 5 heteroatoms. The Kier molecular flexibility index (Phi) is 2.44. The van der Waals surface area contributed by atoms with Gasteiger partial charge in [0.25, 0.3) is 0 Å². The van der Waals surface area contributed by atoms with Gasteiger partial charge in [-0.25, -0.2) is 9.18 Å². The first-order chi connectivity index (χ1) is 7.61. The molecule has 0 aliphatic rings. The van der Waals surface area contributed by atoms with E-state index in [9.17, 15) is 9.18 Å². The Morgan fingerprint density at radius 2 is 2.25 bits per heavy atom. The van der Waals surface area contributed by atoms with Crippen molar-refractivity contribution < 1.29 is 14.3 Å². The smallest absolute Gasteiger partial charge is 0.339 e. The van der Waals surface area contributed by atoms with Crippen molar-refractivity contribution in [2.75, 3.05) is 0 Å². The second-order valence-corrected chi connectivity index (χ2v) is 3.40. The van der Waals surface area contributed by atoms with Crippen LogP contribution in [0.1, 0.15) is 15.9 Å². The molecule has 1 heterocycles. The highest BCUT2D eigenvalue weighted by Gasteiger charge is 2.17. The Hall–Kier alpha value is -2.17. The van der Waals surface area contributed by atoms with Crippen molar-refractivity contribution >= 4 is 5.97 Å². The van der Waals surface area contributed by atoms with Crippen LogP contribution in [0.15, 0.2) is 24.4 Å². The van der Waals surface area contributed by atoms with Crippen LogP contribution < -0.4 is 0 Å². The SMILES string of the molecule is Cc1cccc(-c2[nH]ncc2C(=O)O)c1F.